The Morgan fingerprint density at radius 3 is 2.46 bits per heavy atom. The molecule has 0 saturated carbocycles. The monoisotopic (exact) mass is 503 g/mol. The standard InChI is InChI=1S/C24H20F3N3O4S/c1-3-13-10-17-20(11-19(13)27)30(12-14-9-15(25)6-7-18(14)26)22(24(32)29-35(2,33)34)21(17)16-5-4-8-28-23(16)31/h4-11H,3,12H2,1-2H3,(H,28,31)(H,29,32). The topological polar surface area (TPSA) is 101 Å². The van der Waals surface area contributed by atoms with E-state index in [1.165, 1.54) is 29.0 Å². The molecule has 7 nitrogen and oxygen atoms in total. The zero-order chi connectivity index (χ0) is 25.5. The van der Waals surface area contributed by atoms with Crippen molar-refractivity contribution in [2.24, 2.45) is 0 Å². The molecule has 2 aromatic heterocycles. The fraction of sp³-hybridized carbons (Fsp3) is 0.167. The summed E-state index contributed by atoms with van der Waals surface area (Å²) in [5, 5.41) is 0.274. The number of hydrogen-bond acceptors (Lipinski definition) is 4. The molecule has 0 saturated heterocycles. The molecule has 0 aliphatic carbocycles. The largest absolute Gasteiger partial charge is 0.331 e. The number of amides is 1. The van der Waals surface area contributed by atoms with E-state index in [2.05, 4.69) is 4.98 Å². The first-order chi connectivity index (χ1) is 16.5. The zero-order valence-electron chi connectivity index (χ0n) is 18.7. The van der Waals surface area contributed by atoms with Gasteiger partial charge in [-0.1, -0.05) is 6.92 Å². The Hall–Kier alpha value is -3.86. The van der Waals surface area contributed by atoms with Crippen LogP contribution in [0.3, 0.4) is 0 Å². The molecule has 0 aliphatic rings. The van der Waals surface area contributed by atoms with Crippen LogP contribution in [0, 0.1) is 17.5 Å². The number of fused-ring (bicyclic) bond motifs is 1. The van der Waals surface area contributed by atoms with Crippen molar-refractivity contribution in [3.63, 3.8) is 0 Å². The number of aryl methyl sites for hydroxylation is 1. The Morgan fingerprint density at radius 2 is 1.80 bits per heavy atom. The molecule has 2 aromatic carbocycles. The molecule has 4 rings (SSSR count). The van der Waals surface area contributed by atoms with Crippen LogP contribution in [0.1, 0.15) is 28.5 Å². The quantitative estimate of drug-likeness (QED) is 0.419. The number of aromatic amines is 1. The smallest absolute Gasteiger partial charge is 0.282 e. The van der Waals surface area contributed by atoms with E-state index in [4.69, 9.17) is 0 Å². The van der Waals surface area contributed by atoms with Crippen molar-refractivity contribution < 1.29 is 26.4 Å². The highest BCUT2D eigenvalue weighted by atomic mass is 32.2. The van der Waals surface area contributed by atoms with Crippen LogP contribution in [0.15, 0.2) is 53.5 Å². The van der Waals surface area contributed by atoms with E-state index >= 15 is 0 Å². The number of benzene rings is 2. The molecule has 0 radical (unpaired) electrons. The maximum absolute atomic E-state index is 14.9. The molecule has 11 heteroatoms. The summed E-state index contributed by atoms with van der Waals surface area (Å²) in [7, 11) is -4.05. The van der Waals surface area contributed by atoms with Gasteiger partial charge in [0.25, 0.3) is 11.5 Å². The SMILES string of the molecule is CCc1cc2c(-c3ccc[nH]c3=O)c(C(=O)NS(C)(=O)=O)n(Cc3cc(F)ccc3F)c2cc1F. The third-order valence-corrected chi connectivity index (χ3v) is 6.09. The molecule has 0 aliphatic heterocycles. The molecular weight excluding hydrogens is 483 g/mol. The van der Waals surface area contributed by atoms with Crippen molar-refractivity contribution in [2.45, 2.75) is 19.9 Å². The summed E-state index contributed by atoms with van der Waals surface area (Å²) in [6, 6.07) is 8.27. The number of rotatable bonds is 6. The summed E-state index contributed by atoms with van der Waals surface area (Å²) in [6.45, 7) is 1.28. The van der Waals surface area contributed by atoms with Crippen LogP contribution in [0.2, 0.25) is 0 Å². The first kappa shape index (κ1) is 24.3. The van der Waals surface area contributed by atoms with Crippen molar-refractivity contribution in [3.8, 4) is 11.1 Å². The Morgan fingerprint density at radius 1 is 1.06 bits per heavy atom. The lowest BCUT2D eigenvalue weighted by atomic mass is 10.0. The minimum Gasteiger partial charge on any atom is -0.331 e. The molecule has 182 valence electrons. The maximum Gasteiger partial charge on any atom is 0.282 e. The highest BCUT2D eigenvalue weighted by molar-refractivity contribution is 7.89. The van der Waals surface area contributed by atoms with Gasteiger partial charge in [-0.25, -0.2) is 26.3 Å². The Bertz CT molecular complexity index is 1640. The van der Waals surface area contributed by atoms with Gasteiger partial charge in [-0.3, -0.25) is 9.59 Å². The molecule has 0 spiro atoms. The molecule has 2 heterocycles. The molecule has 0 bridgehead atoms. The van der Waals surface area contributed by atoms with Crippen LogP contribution in [0.25, 0.3) is 22.0 Å². The van der Waals surface area contributed by atoms with Gasteiger partial charge in [0.15, 0.2) is 0 Å². The van der Waals surface area contributed by atoms with Gasteiger partial charge >= 0.3 is 0 Å². The van der Waals surface area contributed by atoms with Crippen LogP contribution < -0.4 is 10.3 Å². The Labute approximate surface area is 198 Å². The van der Waals surface area contributed by atoms with E-state index in [0.29, 0.717) is 6.42 Å². The average molecular weight is 504 g/mol. The fourth-order valence-corrected chi connectivity index (χ4v) is 4.46. The maximum atomic E-state index is 14.9. The number of carbonyl (C=O) groups is 1. The zero-order valence-corrected chi connectivity index (χ0v) is 19.5. The molecule has 2 N–H and O–H groups in total. The molecular formula is C24H20F3N3O4S. The Balaban J connectivity index is 2.15. The van der Waals surface area contributed by atoms with Crippen molar-refractivity contribution in [1.29, 1.82) is 0 Å². The lowest BCUT2D eigenvalue weighted by Gasteiger charge is -2.13. The van der Waals surface area contributed by atoms with E-state index in [0.717, 1.165) is 30.5 Å². The number of hydrogen-bond donors (Lipinski definition) is 2. The normalized spacial score (nSPS) is 11.7. The number of pyridine rings is 1. The van der Waals surface area contributed by atoms with E-state index in [1.54, 1.807) is 6.92 Å². The number of sulfonamides is 1. The van der Waals surface area contributed by atoms with Crippen LogP contribution in [-0.2, 0) is 23.0 Å². The molecule has 0 unspecified atom stereocenters. The van der Waals surface area contributed by atoms with E-state index in [1.807, 2.05) is 4.72 Å². The van der Waals surface area contributed by atoms with Gasteiger partial charge in [0.05, 0.1) is 18.3 Å². The molecule has 35 heavy (non-hydrogen) atoms. The van der Waals surface area contributed by atoms with E-state index in [9.17, 15) is 31.2 Å². The molecule has 0 atom stereocenters. The third kappa shape index (κ3) is 4.72. The number of H-pyrrole nitrogens is 1. The number of nitrogens with one attached hydrogen (secondary N) is 2. The number of nitrogens with zero attached hydrogens (tertiary/aromatic N) is 1. The lowest BCUT2D eigenvalue weighted by Crippen LogP contribution is -2.32. The summed E-state index contributed by atoms with van der Waals surface area (Å²) in [5.74, 6) is -3.24. The highest BCUT2D eigenvalue weighted by Crippen LogP contribution is 2.36. The van der Waals surface area contributed by atoms with E-state index in [-0.39, 0.29) is 38.9 Å². The Kier molecular flexibility index (Phi) is 6.28. The lowest BCUT2D eigenvalue weighted by molar-refractivity contribution is 0.0974. The predicted molar refractivity (Wildman–Crippen MR) is 125 cm³/mol. The first-order valence-electron chi connectivity index (χ1n) is 10.5. The minimum atomic E-state index is -4.05. The number of halogens is 3. The molecule has 0 fully saturated rings. The van der Waals surface area contributed by atoms with Crippen molar-refractivity contribution in [2.75, 3.05) is 6.26 Å². The third-order valence-electron chi connectivity index (χ3n) is 5.53. The summed E-state index contributed by atoms with van der Waals surface area (Å²) in [6.07, 6.45) is 2.44. The van der Waals surface area contributed by atoms with Gasteiger partial charge < -0.3 is 9.55 Å². The summed E-state index contributed by atoms with van der Waals surface area (Å²) in [5.41, 5.74) is -0.630. The van der Waals surface area contributed by atoms with Gasteiger partial charge in [-0.05, 0) is 54.4 Å². The number of carbonyl (C=O) groups excluding carboxylic acids is 1. The predicted octanol–water partition coefficient (Wildman–Crippen LogP) is 3.71. The highest BCUT2D eigenvalue weighted by Gasteiger charge is 2.28. The molecule has 4 aromatic rings. The second kappa shape index (κ2) is 9.06. The van der Waals surface area contributed by atoms with Gasteiger partial charge in [0.2, 0.25) is 10.0 Å². The second-order valence-electron chi connectivity index (χ2n) is 7.98. The minimum absolute atomic E-state index is 0.0169. The van der Waals surface area contributed by atoms with Gasteiger partial charge in [0.1, 0.15) is 23.1 Å². The van der Waals surface area contributed by atoms with E-state index < -0.39 is 45.5 Å². The van der Waals surface area contributed by atoms with Crippen LogP contribution in [-0.4, -0.2) is 30.1 Å². The van der Waals surface area contributed by atoms with Crippen LogP contribution >= 0.6 is 0 Å². The van der Waals surface area contributed by atoms with Crippen molar-refractivity contribution in [1.82, 2.24) is 14.3 Å². The van der Waals surface area contributed by atoms with Gasteiger partial charge in [-0.2, -0.15) is 0 Å². The first-order valence-corrected chi connectivity index (χ1v) is 12.4. The van der Waals surface area contributed by atoms with Crippen LogP contribution in [0.4, 0.5) is 13.2 Å². The summed E-state index contributed by atoms with van der Waals surface area (Å²) in [4.78, 5) is 28.5. The molecule has 1 amide bonds. The number of aromatic nitrogens is 2. The van der Waals surface area contributed by atoms with Gasteiger partial charge in [-0.15, -0.1) is 0 Å². The summed E-state index contributed by atoms with van der Waals surface area (Å²) >= 11 is 0. The summed E-state index contributed by atoms with van der Waals surface area (Å²) < 4.78 is 70.1. The van der Waals surface area contributed by atoms with Crippen molar-refractivity contribution >= 4 is 26.8 Å². The van der Waals surface area contributed by atoms with Gasteiger partial charge in [0, 0.05) is 28.3 Å². The van der Waals surface area contributed by atoms with Crippen molar-refractivity contribution in [3.05, 3.63) is 93.3 Å². The average Bonchev–Trinajstić information content (AvgIpc) is 3.07. The fourth-order valence-electron chi connectivity index (χ4n) is 4.03. The second-order valence-corrected chi connectivity index (χ2v) is 9.72. The van der Waals surface area contributed by atoms with Crippen LogP contribution in [0.5, 0.6) is 0 Å².